The number of hydrogen-bond donors (Lipinski definition) is 3. The van der Waals surface area contributed by atoms with Crippen LogP contribution < -0.4 is 5.32 Å². The van der Waals surface area contributed by atoms with Crippen LogP contribution in [-0.2, 0) is 4.74 Å². The molecule has 0 bridgehead atoms. The maximum Gasteiger partial charge on any atom is 0.355 e. The third-order valence-electron chi connectivity index (χ3n) is 3.93. The summed E-state index contributed by atoms with van der Waals surface area (Å²) in [5, 5.41) is 12.6. The molecular formula is C19H20N4O3. The number of phenols is 1. The number of hydrogen-bond acceptors (Lipinski definition) is 6. The predicted molar refractivity (Wildman–Crippen MR) is 98.6 cm³/mol. The van der Waals surface area contributed by atoms with Crippen LogP contribution in [0.25, 0.3) is 11.3 Å². The summed E-state index contributed by atoms with van der Waals surface area (Å²) in [6, 6.07) is 8.49. The van der Waals surface area contributed by atoms with Crippen molar-refractivity contribution in [1.82, 2.24) is 15.0 Å². The summed E-state index contributed by atoms with van der Waals surface area (Å²) in [6.07, 6.45) is 1.64. The Hall–Kier alpha value is -3.35. The Labute approximate surface area is 151 Å². The van der Waals surface area contributed by atoms with Crippen molar-refractivity contribution in [3.63, 3.8) is 0 Å². The van der Waals surface area contributed by atoms with Gasteiger partial charge in [-0.1, -0.05) is 6.07 Å². The van der Waals surface area contributed by atoms with E-state index in [1.165, 1.54) is 0 Å². The van der Waals surface area contributed by atoms with E-state index in [0.717, 1.165) is 16.8 Å². The molecule has 0 aliphatic heterocycles. The van der Waals surface area contributed by atoms with Crippen LogP contribution in [0.4, 0.5) is 11.6 Å². The number of H-pyrrole nitrogens is 1. The zero-order chi connectivity index (χ0) is 18.7. The van der Waals surface area contributed by atoms with Crippen molar-refractivity contribution in [2.45, 2.75) is 20.8 Å². The second-order valence-corrected chi connectivity index (χ2v) is 5.79. The van der Waals surface area contributed by atoms with Gasteiger partial charge in [0.25, 0.3) is 0 Å². The second-order valence-electron chi connectivity index (χ2n) is 5.79. The highest BCUT2D eigenvalue weighted by Gasteiger charge is 2.20. The van der Waals surface area contributed by atoms with Gasteiger partial charge in [0.1, 0.15) is 11.4 Å². The standard InChI is InChI=1S/C19H20N4O3/c1-4-26-18(25)17-11(2)16(12(3)21-17)15-8-9-20-19(23-15)22-13-6-5-7-14(24)10-13/h5-10,21,24H,4H2,1-3H3,(H,20,22,23). The van der Waals surface area contributed by atoms with Crippen LogP contribution in [0.2, 0.25) is 0 Å². The summed E-state index contributed by atoms with van der Waals surface area (Å²) in [5.74, 6) is 0.167. The molecule has 3 rings (SSSR count). The summed E-state index contributed by atoms with van der Waals surface area (Å²) < 4.78 is 5.09. The van der Waals surface area contributed by atoms with E-state index < -0.39 is 0 Å². The van der Waals surface area contributed by atoms with Gasteiger partial charge in [-0.05, 0) is 44.5 Å². The van der Waals surface area contributed by atoms with Crippen LogP contribution >= 0.6 is 0 Å². The molecule has 0 amide bonds. The molecule has 0 fully saturated rings. The highest BCUT2D eigenvalue weighted by molar-refractivity contribution is 5.92. The molecule has 26 heavy (non-hydrogen) atoms. The lowest BCUT2D eigenvalue weighted by Crippen LogP contribution is -2.06. The van der Waals surface area contributed by atoms with Gasteiger partial charge >= 0.3 is 5.97 Å². The van der Waals surface area contributed by atoms with E-state index in [9.17, 15) is 9.90 Å². The smallest absolute Gasteiger partial charge is 0.355 e. The number of nitrogens with one attached hydrogen (secondary N) is 2. The molecule has 3 aromatic rings. The lowest BCUT2D eigenvalue weighted by Gasteiger charge is -2.08. The molecule has 7 nitrogen and oxygen atoms in total. The van der Waals surface area contributed by atoms with Gasteiger partial charge in [0.15, 0.2) is 0 Å². The molecule has 3 N–H and O–H groups in total. The quantitative estimate of drug-likeness (QED) is 0.605. The topological polar surface area (TPSA) is 100 Å². The van der Waals surface area contributed by atoms with Crippen LogP contribution in [0.1, 0.15) is 28.7 Å². The van der Waals surface area contributed by atoms with Crippen molar-refractivity contribution in [3.8, 4) is 17.0 Å². The van der Waals surface area contributed by atoms with Gasteiger partial charge in [-0.25, -0.2) is 14.8 Å². The third-order valence-corrected chi connectivity index (χ3v) is 3.93. The zero-order valence-electron chi connectivity index (χ0n) is 14.8. The number of anilines is 2. The summed E-state index contributed by atoms with van der Waals surface area (Å²) in [7, 11) is 0. The molecule has 0 aliphatic carbocycles. The van der Waals surface area contributed by atoms with E-state index in [1.54, 1.807) is 43.5 Å². The minimum atomic E-state index is -0.383. The Morgan fingerprint density at radius 1 is 1.31 bits per heavy atom. The number of ether oxygens (including phenoxy) is 1. The van der Waals surface area contributed by atoms with E-state index in [4.69, 9.17) is 4.74 Å². The Bertz CT molecular complexity index is 950. The number of phenolic OH excluding ortho intramolecular Hbond substituents is 1. The average Bonchev–Trinajstić information content (AvgIpc) is 2.90. The zero-order valence-corrected chi connectivity index (χ0v) is 14.8. The minimum Gasteiger partial charge on any atom is -0.508 e. The summed E-state index contributed by atoms with van der Waals surface area (Å²) in [5.41, 5.74) is 4.24. The van der Waals surface area contributed by atoms with Crippen LogP contribution in [0.15, 0.2) is 36.5 Å². The molecule has 0 unspecified atom stereocenters. The van der Waals surface area contributed by atoms with Gasteiger partial charge in [-0.2, -0.15) is 0 Å². The number of aromatic amines is 1. The fourth-order valence-electron chi connectivity index (χ4n) is 2.81. The van der Waals surface area contributed by atoms with Crippen molar-refractivity contribution in [1.29, 1.82) is 0 Å². The first-order valence-electron chi connectivity index (χ1n) is 8.25. The van der Waals surface area contributed by atoms with Crippen molar-refractivity contribution < 1.29 is 14.6 Å². The van der Waals surface area contributed by atoms with Gasteiger partial charge < -0.3 is 20.1 Å². The Balaban J connectivity index is 1.94. The van der Waals surface area contributed by atoms with Gasteiger partial charge in [-0.3, -0.25) is 0 Å². The van der Waals surface area contributed by atoms with Crippen molar-refractivity contribution >= 4 is 17.6 Å². The summed E-state index contributed by atoms with van der Waals surface area (Å²) in [6.45, 7) is 5.83. The fraction of sp³-hybridized carbons (Fsp3) is 0.211. The molecule has 0 saturated carbocycles. The number of carbonyl (C=O) groups excluding carboxylic acids is 1. The second kappa shape index (κ2) is 7.26. The highest BCUT2D eigenvalue weighted by Crippen LogP contribution is 2.29. The van der Waals surface area contributed by atoms with E-state index in [2.05, 4.69) is 20.3 Å². The average molecular weight is 352 g/mol. The van der Waals surface area contributed by atoms with Crippen molar-refractivity contribution in [2.24, 2.45) is 0 Å². The van der Waals surface area contributed by atoms with Crippen LogP contribution in [-0.4, -0.2) is 32.6 Å². The number of carbonyl (C=O) groups is 1. The highest BCUT2D eigenvalue weighted by atomic mass is 16.5. The Morgan fingerprint density at radius 3 is 2.85 bits per heavy atom. The Morgan fingerprint density at radius 2 is 2.12 bits per heavy atom. The maximum atomic E-state index is 12.1. The molecule has 7 heteroatoms. The third kappa shape index (κ3) is 3.51. The number of nitrogens with zero attached hydrogens (tertiary/aromatic N) is 2. The molecule has 2 heterocycles. The first-order valence-corrected chi connectivity index (χ1v) is 8.25. The first-order chi connectivity index (χ1) is 12.5. The van der Waals surface area contributed by atoms with Crippen LogP contribution in [0, 0.1) is 13.8 Å². The summed E-state index contributed by atoms with van der Waals surface area (Å²) in [4.78, 5) is 23.9. The fourth-order valence-corrected chi connectivity index (χ4v) is 2.81. The number of aromatic hydroxyl groups is 1. The van der Waals surface area contributed by atoms with E-state index in [0.29, 0.717) is 29.6 Å². The SMILES string of the molecule is CCOC(=O)c1[nH]c(C)c(-c2ccnc(Nc3cccc(O)c3)n2)c1C. The molecule has 0 aliphatic rings. The molecule has 2 aromatic heterocycles. The lowest BCUT2D eigenvalue weighted by atomic mass is 10.1. The van der Waals surface area contributed by atoms with E-state index in [1.807, 2.05) is 13.8 Å². The van der Waals surface area contributed by atoms with Crippen molar-refractivity contribution in [3.05, 3.63) is 53.5 Å². The molecule has 0 spiro atoms. The van der Waals surface area contributed by atoms with Gasteiger partial charge in [0, 0.05) is 29.2 Å². The van der Waals surface area contributed by atoms with Crippen LogP contribution in [0.3, 0.4) is 0 Å². The molecule has 0 saturated heterocycles. The number of rotatable bonds is 5. The molecule has 0 atom stereocenters. The largest absolute Gasteiger partial charge is 0.508 e. The number of benzene rings is 1. The van der Waals surface area contributed by atoms with Crippen LogP contribution in [0.5, 0.6) is 5.75 Å². The molecule has 0 radical (unpaired) electrons. The minimum absolute atomic E-state index is 0.155. The van der Waals surface area contributed by atoms with Gasteiger partial charge in [0.2, 0.25) is 5.95 Å². The van der Waals surface area contributed by atoms with Gasteiger partial charge in [0.05, 0.1) is 12.3 Å². The number of esters is 1. The normalized spacial score (nSPS) is 10.6. The summed E-state index contributed by atoms with van der Waals surface area (Å²) >= 11 is 0. The molecule has 1 aromatic carbocycles. The van der Waals surface area contributed by atoms with E-state index in [-0.39, 0.29) is 11.7 Å². The first kappa shape index (κ1) is 17.5. The number of aryl methyl sites for hydroxylation is 1. The predicted octanol–water partition coefficient (Wildman–Crippen LogP) is 3.71. The van der Waals surface area contributed by atoms with Crippen molar-refractivity contribution in [2.75, 3.05) is 11.9 Å². The maximum absolute atomic E-state index is 12.1. The van der Waals surface area contributed by atoms with Gasteiger partial charge in [-0.15, -0.1) is 0 Å². The lowest BCUT2D eigenvalue weighted by molar-refractivity contribution is 0.0519. The monoisotopic (exact) mass is 352 g/mol. The molecular weight excluding hydrogens is 332 g/mol. The number of aromatic nitrogens is 3. The molecule has 134 valence electrons. The Kier molecular flexibility index (Phi) is 4.88. The van der Waals surface area contributed by atoms with E-state index >= 15 is 0 Å².